The third-order valence-corrected chi connectivity index (χ3v) is 3.95. The molecular weight excluding hydrogens is 268 g/mol. The molecule has 0 amide bonds. The van der Waals surface area contributed by atoms with Gasteiger partial charge in [-0.3, -0.25) is 0 Å². The first-order chi connectivity index (χ1) is 10.0. The number of nitrogens with zero attached hydrogens (tertiary/aromatic N) is 4. The Labute approximate surface area is 123 Å². The molecule has 0 unspecified atom stereocenters. The van der Waals surface area contributed by atoms with Crippen LogP contribution in [0.2, 0.25) is 0 Å². The summed E-state index contributed by atoms with van der Waals surface area (Å²) >= 11 is 0. The average Bonchev–Trinajstić information content (AvgIpc) is 2.89. The molecule has 0 aliphatic carbocycles. The molecule has 6 heteroatoms. The summed E-state index contributed by atoms with van der Waals surface area (Å²) in [5, 5.41) is 21.3. The summed E-state index contributed by atoms with van der Waals surface area (Å²) in [4.78, 5) is 11.7. The minimum atomic E-state index is -1.08. The summed E-state index contributed by atoms with van der Waals surface area (Å²) < 4.78 is 1.47. The summed E-state index contributed by atoms with van der Waals surface area (Å²) in [7, 11) is 0. The minimum absolute atomic E-state index is 0.435. The lowest BCUT2D eigenvalue weighted by molar-refractivity contribution is -0.148. The number of rotatable bonds is 6. The number of carbonyl (C=O) groups is 1. The lowest BCUT2D eigenvalue weighted by Crippen LogP contribution is -2.42. The van der Waals surface area contributed by atoms with Gasteiger partial charge in [0.25, 0.3) is 0 Å². The van der Waals surface area contributed by atoms with Gasteiger partial charge < -0.3 is 5.11 Å². The maximum Gasteiger partial charge on any atom is 0.331 e. The Morgan fingerprint density at radius 1 is 1.33 bits per heavy atom. The second-order valence-corrected chi connectivity index (χ2v) is 5.22. The number of aliphatic carboxylic acids is 1. The van der Waals surface area contributed by atoms with Crippen LogP contribution in [0.1, 0.15) is 43.6 Å². The molecule has 0 atom stereocenters. The van der Waals surface area contributed by atoms with Gasteiger partial charge in [-0.05, 0) is 35.8 Å². The molecule has 0 bridgehead atoms. The van der Waals surface area contributed by atoms with Crippen molar-refractivity contribution in [2.24, 2.45) is 0 Å². The van der Waals surface area contributed by atoms with Crippen LogP contribution in [0, 0.1) is 6.92 Å². The van der Waals surface area contributed by atoms with E-state index in [-0.39, 0.29) is 0 Å². The van der Waals surface area contributed by atoms with Gasteiger partial charge in [0.05, 0.1) is 0 Å². The van der Waals surface area contributed by atoms with E-state index in [4.69, 9.17) is 0 Å². The van der Waals surface area contributed by atoms with Crippen molar-refractivity contribution in [3.63, 3.8) is 0 Å². The number of hydrogen-bond donors (Lipinski definition) is 1. The van der Waals surface area contributed by atoms with Crippen LogP contribution in [-0.2, 0) is 16.8 Å². The molecule has 0 radical (unpaired) electrons. The van der Waals surface area contributed by atoms with Gasteiger partial charge in [-0.25, -0.2) is 9.48 Å². The summed E-state index contributed by atoms with van der Waals surface area (Å²) in [6, 6.07) is 8.04. The summed E-state index contributed by atoms with van der Waals surface area (Å²) in [6.45, 7) is 5.71. The van der Waals surface area contributed by atoms with E-state index < -0.39 is 11.5 Å². The number of carboxylic acids is 1. The molecule has 1 N–H and O–H groups in total. The average molecular weight is 288 g/mol. The van der Waals surface area contributed by atoms with Crippen molar-refractivity contribution in [3.8, 4) is 0 Å². The van der Waals surface area contributed by atoms with Gasteiger partial charge in [0.1, 0.15) is 0 Å². The van der Waals surface area contributed by atoms with E-state index in [9.17, 15) is 9.90 Å². The highest BCUT2D eigenvalue weighted by atomic mass is 16.4. The van der Waals surface area contributed by atoms with Gasteiger partial charge in [0.15, 0.2) is 11.4 Å². The van der Waals surface area contributed by atoms with Crippen LogP contribution in [0.4, 0.5) is 0 Å². The van der Waals surface area contributed by atoms with Crippen LogP contribution < -0.4 is 0 Å². The standard InChI is InChI=1S/C15H20N4O2/c1-4-15(5-2,14(20)21)19-13(16-17-18-19)10-12-8-6-7-11(3)9-12/h6-9H,4-5,10H2,1-3H3,(H,20,21). The Hall–Kier alpha value is -2.24. The molecule has 0 fully saturated rings. The van der Waals surface area contributed by atoms with Crippen LogP contribution >= 0.6 is 0 Å². The summed E-state index contributed by atoms with van der Waals surface area (Å²) in [5.41, 5.74) is 1.14. The fraction of sp³-hybridized carbons (Fsp3) is 0.467. The molecule has 6 nitrogen and oxygen atoms in total. The largest absolute Gasteiger partial charge is 0.479 e. The van der Waals surface area contributed by atoms with Crippen molar-refractivity contribution in [3.05, 3.63) is 41.2 Å². The molecule has 0 aliphatic heterocycles. The van der Waals surface area contributed by atoms with E-state index in [0.29, 0.717) is 25.1 Å². The molecule has 112 valence electrons. The van der Waals surface area contributed by atoms with Crippen LogP contribution in [0.25, 0.3) is 0 Å². The highest BCUT2D eigenvalue weighted by Gasteiger charge is 2.40. The van der Waals surface area contributed by atoms with Crippen molar-refractivity contribution in [1.82, 2.24) is 20.2 Å². The van der Waals surface area contributed by atoms with Gasteiger partial charge in [-0.15, -0.1) is 5.10 Å². The smallest absolute Gasteiger partial charge is 0.331 e. The Morgan fingerprint density at radius 3 is 2.62 bits per heavy atom. The fourth-order valence-corrected chi connectivity index (χ4v) is 2.60. The highest BCUT2D eigenvalue weighted by Crippen LogP contribution is 2.26. The maximum atomic E-state index is 11.7. The van der Waals surface area contributed by atoms with Crippen LogP contribution in [0.5, 0.6) is 0 Å². The summed E-state index contributed by atoms with van der Waals surface area (Å²) in [5.74, 6) is -0.322. The molecule has 0 saturated carbocycles. The van der Waals surface area contributed by atoms with Gasteiger partial charge in [-0.1, -0.05) is 43.7 Å². The topological polar surface area (TPSA) is 80.9 Å². The van der Waals surface area contributed by atoms with E-state index in [2.05, 4.69) is 21.6 Å². The molecular formula is C15H20N4O2. The van der Waals surface area contributed by atoms with Gasteiger partial charge >= 0.3 is 5.97 Å². The minimum Gasteiger partial charge on any atom is -0.479 e. The molecule has 1 aromatic heterocycles. The molecule has 0 saturated heterocycles. The lowest BCUT2D eigenvalue weighted by Gasteiger charge is -2.27. The fourth-order valence-electron chi connectivity index (χ4n) is 2.60. The van der Waals surface area contributed by atoms with E-state index in [1.807, 2.05) is 39.0 Å². The maximum absolute atomic E-state index is 11.7. The second-order valence-electron chi connectivity index (χ2n) is 5.22. The predicted molar refractivity (Wildman–Crippen MR) is 78.0 cm³/mol. The third kappa shape index (κ3) is 2.79. The van der Waals surface area contributed by atoms with Gasteiger partial charge in [0, 0.05) is 6.42 Å². The number of aromatic nitrogens is 4. The van der Waals surface area contributed by atoms with E-state index >= 15 is 0 Å². The second kappa shape index (κ2) is 6.03. The zero-order valence-corrected chi connectivity index (χ0v) is 12.6. The van der Waals surface area contributed by atoms with Crippen molar-refractivity contribution in [1.29, 1.82) is 0 Å². The number of aryl methyl sites for hydroxylation is 1. The third-order valence-electron chi connectivity index (χ3n) is 3.95. The van der Waals surface area contributed by atoms with Crippen molar-refractivity contribution in [2.45, 2.75) is 45.6 Å². The molecule has 2 rings (SSSR count). The number of tetrazole rings is 1. The molecule has 2 aromatic rings. The van der Waals surface area contributed by atoms with Gasteiger partial charge in [0.2, 0.25) is 0 Å². The first kappa shape index (κ1) is 15.2. The zero-order chi connectivity index (χ0) is 15.5. The Morgan fingerprint density at radius 2 is 2.05 bits per heavy atom. The molecule has 0 spiro atoms. The quantitative estimate of drug-likeness (QED) is 0.881. The first-order valence-corrected chi connectivity index (χ1v) is 7.10. The lowest BCUT2D eigenvalue weighted by atomic mass is 9.92. The predicted octanol–water partition coefficient (Wildman–Crippen LogP) is 2.17. The van der Waals surface area contributed by atoms with Crippen LogP contribution in [0.15, 0.2) is 24.3 Å². The number of hydrogen-bond acceptors (Lipinski definition) is 4. The monoisotopic (exact) mass is 288 g/mol. The van der Waals surface area contributed by atoms with Crippen LogP contribution in [0.3, 0.4) is 0 Å². The first-order valence-electron chi connectivity index (χ1n) is 7.10. The molecule has 21 heavy (non-hydrogen) atoms. The summed E-state index contributed by atoms with van der Waals surface area (Å²) in [6.07, 6.45) is 1.39. The van der Waals surface area contributed by atoms with E-state index in [1.54, 1.807) is 0 Å². The van der Waals surface area contributed by atoms with Crippen molar-refractivity contribution >= 4 is 5.97 Å². The Balaban J connectivity index is 2.40. The van der Waals surface area contributed by atoms with Crippen molar-refractivity contribution < 1.29 is 9.90 Å². The Bertz CT molecular complexity index is 632. The normalized spacial score (nSPS) is 11.6. The highest BCUT2D eigenvalue weighted by molar-refractivity contribution is 5.76. The Kier molecular flexibility index (Phi) is 4.35. The van der Waals surface area contributed by atoms with Crippen molar-refractivity contribution in [2.75, 3.05) is 0 Å². The van der Waals surface area contributed by atoms with E-state index in [1.165, 1.54) is 4.68 Å². The molecule has 0 aliphatic rings. The van der Waals surface area contributed by atoms with Gasteiger partial charge in [-0.2, -0.15) is 0 Å². The number of carboxylic acid groups (broad SMARTS) is 1. The molecule has 1 heterocycles. The van der Waals surface area contributed by atoms with Crippen LogP contribution in [-0.4, -0.2) is 31.3 Å². The zero-order valence-electron chi connectivity index (χ0n) is 12.6. The number of benzene rings is 1. The molecule has 1 aromatic carbocycles. The SMILES string of the molecule is CCC(CC)(C(=O)O)n1nnnc1Cc1cccc(C)c1. The van der Waals surface area contributed by atoms with E-state index in [0.717, 1.165) is 11.1 Å².